The molecule has 10 heteroatoms. The molecule has 0 radical (unpaired) electrons. The van der Waals surface area contributed by atoms with Crippen LogP contribution in [0.25, 0.3) is 12.2 Å². The van der Waals surface area contributed by atoms with Crippen LogP contribution in [0.15, 0.2) is 54.7 Å². The number of likely N-dealkylation sites (tertiary alicyclic amines) is 1. The smallest absolute Gasteiger partial charge is 0.416 e. The summed E-state index contributed by atoms with van der Waals surface area (Å²) in [5.74, 6) is 0.122. The number of aromatic nitrogens is 1. The van der Waals surface area contributed by atoms with Crippen molar-refractivity contribution in [2.24, 2.45) is 0 Å². The van der Waals surface area contributed by atoms with Crippen LogP contribution in [0, 0.1) is 0 Å². The van der Waals surface area contributed by atoms with Gasteiger partial charge in [-0.15, -0.1) is 0 Å². The van der Waals surface area contributed by atoms with Crippen LogP contribution in [0.1, 0.15) is 57.6 Å². The first-order valence-electron chi connectivity index (χ1n) is 15.0. The second-order valence-electron chi connectivity index (χ2n) is 12.1. The van der Waals surface area contributed by atoms with Gasteiger partial charge in [0.25, 0.3) is 5.91 Å². The molecule has 2 aliphatic rings. The molecule has 1 aromatic heterocycles. The van der Waals surface area contributed by atoms with Gasteiger partial charge in [-0.05, 0) is 81.5 Å². The second-order valence-corrected chi connectivity index (χ2v) is 12.1. The molecular weight excluding hydrogens is 546 g/mol. The highest BCUT2D eigenvalue weighted by Crippen LogP contribution is 2.25. The number of hydrogen-bond acceptors (Lipinski definition) is 8. The van der Waals surface area contributed by atoms with E-state index in [1.165, 1.54) is 11.8 Å². The number of hydrogen-bond donors (Lipinski definition) is 1. The summed E-state index contributed by atoms with van der Waals surface area (Å²) in [7, 11) is 4.06. The zero-order valence-corrected chi connectivity index (χ0v) is 26.0. The maximum atomic E-state index is 13.4. The summed E-state index contributed by atoms with van der Waals surface area (Å²) in [6.07, 6.45) is 11.7. The molecule has 0 spiro atoms. The molecule has 4 rings (SSSR count). The quantitative estimate of drug-likeness (QED) is 0.295. The van der Waals surface area contributed by atoms with Crippen LogP contribution in [0.4, 0.5) is 16.3 Å². The van der Waals surface area contributed by atoms with Crippen molar-refractivity contribution < 1.29 is 23.9 Å². The minimum atomic E-state index is -0.640. The SMILES string of the molecule is CN(C)c1ccc(C=CCN2CC[C@@H](N(C(=O)OC(C)(C)C)c3ccc(C=CC(=O)NOC4CCCCO4)cn3)C2)cc1. The van der Waals surface area contributed by atoms with Gasteiger partial charge >= 0.3 is 6.09 Å². The molecule has 2 saturated heterocycles. The highest BCUT2D eigenvalue weighted by molar-refractivity contribution is 5.91. The van der Waals surface area contributed by atoms with Crippen LogP contribution in [0.5, 0.6) is 0 Å². The molecule has 1 unspecified atom stereocenters. The Morgan fingerprint density at radius 2 is 1.84 bits per heavy atom. The van der Waals surface area contributed by atoms with E-state index < -0.39 is 18.0 Å². The molecule has 0 aliphatic carbocycles. The standard InChI is InChI=1S/C33H45N5O5/c1-33(2,3)42-32(40)38(28-19-21-37(24-28)20-8-9-25-11-15-27(16-12-25)36(4)5)29-17-13-26(23-34-29)14-18-30(39)35-43-31-10-6-7-22-41-31/h8-9,11-18,23,28,31H,6-7,10,19-22,24H2,1-5H3,(H,35,39)/t28-,31?/m1/s1. The number of hydroxylamine groups is 1. The van der Waals surface area contributed by atoms with Crippen LogP contribution in [0.2, 0.25) is 0 Å². The lowest BCUT2D eigenvalue weighted by molar-refractivity contribution is -0.198. The van der Waals surface area contributed by atoms with Gasteiger partial charge in [0, 0.05) is 64.7 Å². The second kappa shape index (κ2) is 15.1. The largest absolute Gasteiger partial charge is 0.443 e. The molecule has 10 nitrogen and oxygen atoms in total. The Hall–Kier alpha value is -3.73. The topological polar surface area (TPSA) is 96.5 Å². The molecule has 2 aliphatic heterocycles. The van der Waals surface area contributed by atoms with E-state index >= 15 is 0 Å². The number of pyridine rings is 1. The Labute approximate surface area is 255 Å². The van der Waals surface area contributed by atoms with Crippen molar-refractivity contribution in [2.75, 3.05) is 50.1 Å². The van der Waals surface area contributed by atoms with Crippen molar-refractivity contribution in [1.29, 1.82) is 0 Å². The Morgan fingerprint density at radius 1 is 1.07 bits per heavy atom. The summed E-state index contributed by atoms with van der Waals surface area (Å²) in [5, 5.41) is 0. The van der Waals surface area contributed by atoms with E-state index in [9.17, 15) is 9.59 Å². The van der Waals surface area contributed by atoms with E-state index in [0.717, 1.165) is 44.3 Å². The van der Waals surface area contributed by atoms with E-state index in [1.807, 2.05) is 40.9 Å². The Kier molecular flexibility index (Phi) is 11.3. The molecule has 2 fully saturated rings. The van der Waals surface area contributed by atoms with Crippen molar-refractivity contribution in [3.63, 3.8) is 0 Å². The number of benzene rings is 1. The van der Waals surface area contributed by atoms with Gasteiger partial charge in [0.05, 0.1) is 6.04 Å². The van der Waals surface area contributed by atoms with Gasteiger partial charge in [0.15, 0.2) is 6.29 Å². The number of carbonyl (C=O) groups is 2. The van der Waals surface area contributed by atoms with E-state index in [2.05, 4.69) is 56.7 Å². The predicted molar refractivity (Wildman–Crippen MR) is 169 cm³/mol. The highest BCUT2D eigenvalue weighted by atomic mass is 16.8. The third-order valence-corrected chi connectivity index (χ3v) is 7.16. The van der Waals surface area contributed by atoms with Gasteiger partial charge in [-0.3, -0.25) is 14.6 Å². The summed E-state index contributed by atoms with van der Waals surface area (Å²) >= 11 is 0. The zero-order chi connectivity index (χ0) is 30.8. The molecule has 0 saturated carbocycles. The van der Waals surface area contributed by atoms with Gasteiger partial charge in [0.2, 0.25) is 0 Å². The fraction of sp³-hybridized carbons (Fsp3) is 0.485. The fourth-order valence-electron chi connectivity index (χ4n) is 4.92. The first kappa shape index (κ1) is 32.2. The molecule has 2 aromatic rings. The average Bonchev–Trinajstić information content (AvgIpc) is 3.43. The Bertz CT molecular complexity index is 1250. The lowest BCUT2D eigenvalue weighted by Crippen LogP contribution is -2.45. The summed E-state index contributed by atoms with van der Waals surface area (Å²) in [5.41, 5.74) is 4.80. The monoisotopic (exact) mass is 591 g/mol. The summed E-state index contributed by atoms with van der Waals surface area (Å²) in [6, 6.07) is 12.0. The number of rotatable bonds is 10. The van der Waals surface area contributed by atoms with Crippen LogP contribution in [-0.2, 0) is 19.1 Å². The minimum Gasteiger partial charge on any atom is -0.443 e. The van der Waals surface area contributed by atoms with Crippen molar-refractivity contribution >= 4 is 35.7 Å². The van der Waals surface area contributed by atoms with Crippen molar-refractivity contribution in [3.05, 3.63) is 65.9 Å². The number of nitrogens with one attached hydrogen (secondary N) is 1. The lowest BCUT2D eigenvalue weighted by atomic mass is 10.2. The lowest BCUT2D eigenvalue weighted by Gasteiger charge is -2.31. The van der Waals surface area contributed by atoms with Crippen molar-refractivity contribution in [1.82, 2.24) is 15.4 Å². The molecule has 43 heavy (non-hydrogen) atoms. The average molecular weight is 592 g/mol. The molecule has 1 N–H and O–H groups in total. The summed E-state index contributed by atoms with van der Waals surface area (Å²) in [4.78, 5) is 41.5. The van der Waals surface area contributed by atoms with Crippen LogP contribution in [-0.4, -0.2) is 80.2 Å². The molecule has 232 valence electrons. The van der Waals surface area contributed by atoms with Crippen LogP contribution in [0.3, 0.4) is 0 Å². The van der Waals surface area contributed by atoms with Gasteiger partial charge in [-0.25, -0.2) is 20.1 Å². The molecular formula is C33H45N5O5. The Morgan fingerprint density at radius 3 is 2.49 bits per heavy atom. The molecule has 0 bridgehead atoms. The van der Waals surface area contributed by atoms with Gasteiger partial charge in [-0.1, -0.05) is 24.3 Å². The highest BCUT2D eigenvalue weighted by Gasteiger charge is 2.35. The van der Waals surface area contributed by atoms with Crippen molar-refractivity contribution in [3.8, 4) is 0 Å². The summed E-state index contributed by atoms with van der Waals surface area (Å²) < 4.78 is 11.2. The third-order valence-electron chi connectivity index (χ3n) is 7.16. The normalized spacial score (nSPS) is 19.6. The maximum absolute atomic E-state index is 13.4. The zero-order valence-electron chi connectivity index (χ0n) is 26.0. The number of carbonyl (C=O) groups excluding carboxylic acids is 2. The number of anilines is 2. The Balaban J connectivity index is 1.36. The molecule has 3 heterocycles. The van der Waals surface area contributed by atoms with E-state index in [0.29, 0.717) is 24.5 Å². The van der Waals surface area contributed by atoms with Crippen LogP contribution < -0.4 is 15.3 Å². The number of ether oxygens (including phenoxy) is 2. The van der Waals surface area contributed by atoms with Crippen molar-refractivity contribution in [2.45, 2.75) is 64.4 Å². The first-order valence-corrected chi connectivity index (χ1v) is 15.0. The minimum absolute atomic E-state index is 0.0820. The van der Waals surface area contributed by atoms with E-state index in [4.69, 9.17) is 14.3 Å². The maximum Gasteiger partial charge on any atom is 0.416 e. The first-order chi connectivity index (χ1) is 20.6. The third kappa shape index (κ3) is 10.2. The van der Waals surface area contributed by atoms with Gasteiger partial charge in [-0.2, -0.15) is 0 Å². The fourth-order valence-corrected chi connectivity index (χ4v) is 4.92. The molecule has 1 aromatic carbocycles. The number of amides is 2. The molecule has 2 amide bonds. The van der Waals surface area contributed by atoms with E-state index in [1.54, 1.807) is 23.2 Å². The van der Waals surface area contributed by atoms with Gasteiger partial charge < -0.3 is 14.4 Å². The predicted octanol–water partition coefficient (Wildman–Crippen LogP) is 5.26. The number of nitrogens with zero attached hydrogens (tertiary/aromatic N) is 4. The van der Waals surface area contributed by atoms with Crippen LogP contribution >= 0.6 is 0 Å². The summed E-state index contributed by atoms with van der Waals surface area (Å²) in [6.45, 7) is 8.55. The van der Waals surface area contributed by atoms with E-state index in [-0.39, 0.29) is 11.9 Å². The van der Waals surface area contributed by atoms with Gasteiger partial charge in [0.1, 0.15) is 11.4 Å². The molecule has 2 atom stereocenters.